The van der Waals surface area contributed by atoms with Gasteiger partial charge in [-0.2, -0.15) is 0 Å². The summed E-state index contributed by atoms with van der Waals surface area (Å²) in [5.41, 5.74) is 3.31. The van der Waals surface area contributed by atoms with Crippen molar-refractivity contribution in [2.24, 2.45) is 0 Å². The highest BCUT2D eigenvalue weighted by Crippen LogP contribution is 2.19. The first kappa shape index (κ1) is 42.3. The first-order valence-corrected chi connectivity index (χ1v) is 15.8. The van der Waals surface area contributed by atoms with Gasteiger partial charge in [-0.3, -0.25) is 0 Å². The van der Waals surface area contributed by atoms with Crippen LogP contribution in [0.3, 0.4) is 0 Å². The number of esters is 2. The van der Waals surface area contributed by atoms with Gasteiger partial charge < -0.3 is 35.0 Å². The van der Waals surface area contributed by atoms with Crippen LogP contribution in [-0.2, 0) is 25.7 Å². The fourth-order valence-electron chi connectivity index (χ4n) is 4.36. The molecule has 0 fully saturated rings. The van der Waals surface area contributed by atoms with E-state index in [2.05, 4.69) is 9.47 Å². The zero-order valence-electron chi connectivity index (χ0n) is 29.0. The van der Waals surface area contributed by atoms with Crippen LogP contribution in [0.25, 0.3) is 29.0 Å². The lowest BCUT2D eigenvalue weighted by Crippen LogP contribution is -2.03. The van der Waals surface area contributed by atoms with Crippen molar-refractivity contribution in [1.29, 1.82) is 0 Å². The van der Waals surface area contributed by atoms with Gasteiger partial charge in [-0.05, 0) is 69.4 Å². The highest BCUT2D eigenvalue weighted by molar-refractivity contribution is 5.96. The average molecular weight is 721 g/mol. The quantitative estimate of drug-likeness (QED) is 0.0790. The Morgan fingerprint density at radius 3 is 1.74 bits per heavy atom. The van der Waals surface area contributed by atoms with E-state index in [0.717, 1.165) is 28.0 Å². The molecule has 274 valence electrons. The number of carboxylic acids is 2. The molecule has 5 aromatic rings. The van der Waals surface area contributed by atoms with Gasteiger partial charge in [0.25, 0.3) is 0 Å². The number of hydrogen-bond acceptors (Lipinski definition) is 9. The van der Waals surface area contributed by atoms with Crippen LogP contribution < -0.4 is 0 Å². The van der Waals surface area contributed by atoms with Gasteiger partial charge >= 0.3 is 23.9 Å². The highest BCUT2D eigenvalue weighted by Gasteiger charge is 2.09. The van der Waals surface area contributed by atoms with E-state index in [4.69, 9.17) is 25.5 Å². The molecule has 5 aromatic carbocycles. The maximum atomic E-state index is 11.4. The molecule has 0 aliphatic rings. The molecule has 5 N–H and O–H groups in total. The molecule has 0 radical (unpaired) electrons. The molecule has 0 aliphatic heterocycles. The number of benzene rings is 5. The van der Waals surface area contributed by atoms with E-state index < -0.39 is 23.9 Å². The smallest absolute Gasteiger partial charge is 0.338 e. The van der Waals surface area contributed by atoms with Crippen LogP contribution in [0, 0.1) is 0 Å². The number of aliphatic hydroxyl groups excluding tert-OH is 2. The number of aliphatic hydroxyl groups is 2. The molecule has 0 aliphatic carbocycles. The fraction of sp³-hybridized carbons (Fsp3) is 0.0952. The maximum absolute atomic E-state index is 11.4. The third-order valence-corrected chi connectivity index (χ3v) is 6.92. The van der Waals surface area contributed by atoms with Crippen LogP contribution in [-0.4, -0.2) is 70.2 Å². The Morgan fingerprint density at radius 2 is 1.15 bits per heavy atom. The van der Waals surface area contributed by atoms with Crippen LogP contribution in [0.4, 0.5) is 0 Å². The number of carbonyl (C=O) groups is 4. The van der Waals surface area contributed by atoms with Gasteiger partial charge in [0.2, 0.25) is 0 Å². The Labute approximate surface area is 306 Å². The number of phenolic OH excluding ortho intramolecular Hbond substituents is 1. The lowest BCUT2D eigenvalue weighted by atomic mass is 10.1. The number of aromatic carboxylic acids is 1. The van der Waals surface area contributed by atoms with Gasteiger partial charge in [0, 0.05) is 12.2 Å². The Kier molecular flexibility index (Phi) is 18.8. The average Bonchev–Trinajstić information content (AvgIpc) is 3.18. The lowest BCUT2D eigenvalue weighted by Gasteiger charge is -2.02. The van der Waals surface area contributed by atoms with E-state index in [0.29, 0.717) is 22.4 Å². The van der Waals surface area contributed by atoms with E-state index >= 15 is 0 Å². The second kappa shape index (κ2) is 23.6. The van der Waals surface area contributed by atoms with Gasteiger partial charge in [0.1, 0.15) is 5.75 Å². The summed E-state index contributed by atoms with van der Waals surface area (Å²) in [7, 11) is 2.60. The van der Waals surface area contributed by atoms with Crippen molar-refractivity contribution in [2.45, 2.75) is 6.61 Å². The van der Waals surface area contributed by atoms with Crippen molar-refractivity contribution in [3.05, 3.63) is 167 Å². The minimum Gasteiger partial charge on any atom is -0.508 e. The summed E-state index contributed by atoms with van der Waals surface area (Å²) in [5, 5.41) is 45.9. The van der Waals surface area contributed by atoms with Crippen molar-refractivity contribution in [3.63, 3.8) is 0 Å². The van der Waals surface area contributed by atoms with Gasteiger partial charge in [0.05, 0.1) is 38.6 Å². The minimum atomic E-state index is -1.11. The number of carbonyl (C=O) groups excluding carboxylic acids is 2. The van der Waals surface area contributed by atoms with Crippen LogP contribution in [0.1, 0.15) is 43.0 Å². The van der Waals surface area contributed by atoms with Crippen molar-refractivity contribution < 1.29 is 54.2 Å². The molecule has 0 bridgehead atoms. The molecule has 0 heterocycles. The molecule has 5 rings (SSSR count). The van der Waals surface area contributed by atoms with Gasteiger partial charge in [0.15, 0.2) is 0 Å². The number of carboxylic acid groups (broad SMARTS) is 2. The Morgan fingerprint density at radius 1 is 0.604 bits per heavy atom. The summed E-state index contributed by atoms with van der Waals surface area (Å²) >= 11 is 0. The van der Waals surface area contributed by atoms with E-state index in [1.807, 2.05) is 54.6 Å². The zero-order chi connectivity index (χ0) is 39.0. The van der Waals surface area contributed by atoms with E-state index in [-0.39, 0.29) is 18.8 Å². The van der Waals surface area contributed by atoms with Gasteiger partial charge in [-0.1, -0.05) is 103 Å². The Hall–Kier alpha value is -6.82. The summed E-state index contributed by atoms with van der Waals surface area (Å²) in [5.74, 6) is -2.77. The molecule has 0 aromatic heterocycles. The summed E-state index contributed by atoms with van der Waals surface area (Å²) in [6, 6.07) is 33.9. The second-order valence-electron chi connectivity index (χ2n) is 10.5. The Balaban J connectivity index is 0.000000247. The molecule has 0 amide bonds. The maximum Gasteiger partial charge on any atom is 0.338 e. The highest BCUT2D eigenvalue weighted by atomic mass is 16.5. The van der Waals surface area contributed by atoms with Crippen molar-refractivity contribution in [2.75, 3.05) is 20.8 Å². The lowest BCUT2D eigenvalue weighted by molar-refractivity contribution is -0.135. The molecule has 0 unspecified atom stereocenters. The largest absolute Gasteiger partial charge is 0.508 e. The number of rotatable bonds is 9. The molecule has 11 heteroatoms. The second-order valence-corrected chi connectivity index (χ2v) is 10.5. The first-order chi connectivity index (χ1) is 25.5. The fourth-order valence-corrected chi connectivity index (χ4v) is 4.36. The number of methoxy groups -OCH3 is 2. The summed E-state index contributed by atoms with van der Waals surface area (Å²) < 4.78 is 9.08. The normalized spacial score (nSPS) is 10.3. The van der Waals surface area contributed by atoms with Crippen LogP contribution in [0.5, 0.6) is 5.75 Å². The van der Waals surface area contributed by atoms with Crippen LogP contribution >= 0.6 is 0 Å². The number of ether oxygens (including phenoxy) is 2. The minimum absolute atomic E-state index is 0.0275. The summed E-state index contributed by atoms with van der Waals surface area (Å²) in [6.45, 7) is 0.0612. The third-order valence-electron chi connectivity index (χ3n) is 6.92. The standard InChI is InChI=1S/C12H12O4.C10H8O4.C10H12O2.C10H8O/c1-15-11(13)8-7-9-5-3-4-6-10(9)12(14)16-2;11-9(12)6-5-7-3-1-2-4-8(7)10(13)14;11-7-3-6-9-4-1-2-5-10(9)8-12;11-10-6-5-8-3-1-2-4-9(8)7-10/h3-8H,1-2H3;1-6H,(H,11,12)(H,13,14);1-6,11-12H,7-8H2;1-7,11H/b8-7+;6-5+;6-3+;. The van der Waals surface area contributed by atoms with Crippen LogP contribution in [0.2, 0.25) is 0 Å². The van der Waals surface area contributed by atoms with E-state index in [1.165, 1.54) is 38.5 Å². The number of hydrogen-bond donors (Lipinski definition) is 5. The van der Waals surface area contributed by atoms with E-state index in [9.17, 15) is 19.2 Å². The van der Waals surface area contributed by atoms with Gasteiger partial charge in [-0.15, -0.1) is 0 Å². The SMILES string of the molecule is COC(=O)/C=C/c1ccccc1C(=O)OC.O=C(O)/C=C/c1ccccc1C(=O)O.OC/C=C/c1ccccc1CO.Oc1ccc2ccccc2c1. The molecule has 0 atom stereocenters. The van der Waals surface area contributed by atoms with Crippen molar-refractivity contribution in [3.8, 4) is 5.75 Å². The van der Waals surface area contributed by atoms with E-state index in [1.54, 1.807) is 66.7 Å². The summed E-state index contributed by atoms with van der Waals surface area (Å²) in [4.78, 5) is 43.2. The van der Waals surface area contributed by atoms with Crippen LogP contribution in [0.15, 0.2) is 133 Å². The van der Waals surface area contributed by atoms with Crippen molar-refractivity contribution >= 4 is 52.9 Å². The first-order valence-electron chi connectivity index (χ1n) is 15.8. The molecule has 53 heavy (non-hydrogen) atoms. The van der Waals surface area contributed by atoms with Gasteiger partial charge in [-0.25, -0.2) is 19.2 Å². The summed E-state index contributed by atoms with van der Waals surface area (Å²) in [6.07, 6.45) is 8.37. The third kappa shape index (κ3) is 15.3. The number of aromatic hydroxyl groups is 1. The number of phenols is 1. The predicted molar refractivity (Wildman–Crippen MR) is 203 cm³/mol. The molecular weight excluding hydrogens is 680 g/mol. The number of fused-ring (bicyclic) bond motifs is 1. The molecule has 11 nitrogen and oxygen atoms in total. The molecule has 0 saturated heterocycles. The Bertz CT molecular complexity index is 2040. The monoisotopic (exact) mass is 720 g/mol. The van der Waals surface area contributed by atoms with Crippen molar-refractivity contribution in [1.82, 2.24) is 0 Å². The topological polar surface area (TPSA) is 188 Å². The molecule has 0 saturated carbocycles. The molecule has 0 spiro atoms. The molecular formula is C42H40O11. The number of aliphatic carboxylic acids is 1. The zero-order valence-corrected chi connectivity index (χ0v) is 29.0. The predicted octanol–water partition coefficient (Wildman–Crippen LogP) is 6.87.